The first-order chi connectivity index (χ1) is 6.66. The van der Waals surface area contributed by atoms with E-state index in [1.165, 1.54) is 0 Å². The highest BCUT2D eigenvalue weighted by atomic mass is 19.3. The molecule has 5 heteroatoms. The van der Waals surface area contributed by atoms with Gasteiger partial charge in [-0.1, -0.05) is 0 Å². The summed E-state index contributed by atoms with van der Waals surface area (Å²) in [4.78, 5) is 1.78. The minimum absolute atomic E-state index is 0.00783. The quantitative estimate of drug-likeness (QED) is 0.733. The summed E-state index contributed by atoms with van der Waals surface area (Å²) in [5, 5.41) is 4.02. The van der Waals surface area contributed by atoms with E-state index in [2.05, 4.69) is 5.10 Å². The molecule has 0 aromatic carbocycles. The molecule has 1 aromatic rings. The fourth-order valence-corrected chi connectivity index (χ4v) is 1.67. The minimum Gasteiger partial charge on any atom is -0.295 e. The molecule has 0 spiro atoms. The fraction of sp³-hybridized carbons (Fsp3) is 0.667. The molecule has 3 nitrogen and oxygen atoms in total. The lowest BCUT2D eigenvalue weighted by Gasteiger charge is -2.14. The van der Waals surface area contributed by atoms with Gasteiger partial charge in [0, 0.05) is 31.9 Å². The molecule has 0 atom stereocenters. The lowest BCUT2D eigenvalue weighted by molar-refractivity contribution is 0.0119. The standard InChI is InChI=1S/C9H13F2N3/c10-9(11)2-5-13(8-9)6-7-14-4-1-3-12-14/h1,3-4H,2,5-8H2. The maximum absolute atomic E-state index is 12.8. The van der Waals surface area contributed by atoms with Gasteiger partial charge in [-0.05, 0) is 6.07 Å². The van der Waals surface area contributed by atoms with Crippen LogP contribution in [0.5, 0.6) is 0 Å². The van der Waals surface area contributed by atoms with Gasteiger partial charge >= 0.3 is 0 Å². The summed E-state index contributed by atoms with van der Waals surface area (Å²) in [5.41, 5.74) is 0. The normalized spacial score (nSPS) is 21.6. The van der Waals surface area contributed by atoms with Crippen molar-refractivity contribution in [1.82, 2.24) is 14.7 Å². The van der Waals surface area contributed by atoms with Crippen LogP contribution in [0.1, 0.15) is 6.42 Å². The molecule has 0 amide bonds. The zero-order chi connectivity index (χ0) is 10.0. The van der Waals surface area contributed by atoms with Crippen LogP contribution in [0.2, 0.25) is 0 Å². The number of nitrogens with zero attached hydrogens (tertiary/aromatic N) is 3. The SMILES string of the molecule is FC1(F)CCN(CCn2cccn2)C1. The molecule has 0 unspecified atom stereocenters. The molecule has 0 radical (unpaired) electrons. The highest BCUT2D eigenvalue weighted by molar-refractivity contribution is 4.82. The zero-order valence-corrected chi connectivity index (χ0v) is 7.87. The largest absolute Gasteiger partial charge is 0.295 e. The second-order valence-corrected chi connectivity index (χ2v) is 3.65. The minimum atomic E-state index is -2.48. The van der Waals surface area contributed by atoms with Crippen molar-refractivity contribution in [3.8, 4) is 0 Å². The summed E-state index contributed by atoms with van der Waals surface area (Å²) in [7, 11) is 0. The third-order valence-corrected chi connectivity index (χ3v) is 2.45. The van der Waals surface area contributed by atoms with E-state index in [0.29, 0.717) is 19.6 Å². The Hall–Kier alpha value is -0.970. The fourth-order valence-electron chi connectivity index (χ4n) is 1.67. The van der Waals surface area contributed by atoms with Crippen molar-refractivity contribution in [3.63, 3.8) is 0 Å². The third kappa shape index (κ3) is 2.29. The molecule has 2 heterocycles. The van der Waals surface area contributed by atoms with Gasteiger partial charge in [-0.25, -0.2) is 8.78 Å². The van der Waals surface area contributed by atoms with Crippen molar-refractivity contribution in [1.29, 1.82) is 0 Å². The van der Waals surface area contributed by atoms with Crippen molar-refractivity contribution >= 4 is 0 Å². The Bertz CT molecular complexity index is 284. The molecule has 1 fully saturated rings. The smallest absolute Gasteiger partial charge is 0.261 e. The van der Waals surface area contributed by atoms with E-state index in [4.69, 9.17) is 0 Å². The van der Waals surface area contributed by atoms with Crippen LogP contribution in [0, 0.1) is 0 Å². The molecule has 2 rings (SSSR count). The number of aromatic nitrogens is 2. The predicted octanol–water partition coefficient (Wildman–Crippen LogP) is 1.22. The molecule has 0 aliphatic carbocycles. The van der Waals surface area contributed by atoms with Gasteiger partial charge < -0.3 is 0 Å². The number of likely N-dealkylation sites (tertiary alicyclic amines) is 1. The van der Waals surface area contributed by atoms with Gasteiger partial charge in [-0.2, -0.15) is 5.10 Å². The van der Waals surface area contributed by atoms with E-state index in [1.54, 1.807) is 15.8 Å². The Balaban J connectivity index is 1.78. The predicted molar refractivity (Wildman–Crippen MR) is 48.2 cm³/mol. The van der Waals surface area contributed by atoms with E-state index >= 15 is 0 Å². The van der Waals surface area contributed by atoms with Crippen LogP contribution in [0.25, 0.3) is 0 Å². The van der Waals surface area contributed by atoms with Crippen LogP contribution in [0.15, 0.2) is 18.5 Å². The summed E-state index contributed by atoms with van der Waals surface area (Å²) in [6.07, 6.45) is 3.53. The van der Waals surface area contributed by atoms with E-state index in [0.717, 1.165) is 0 Å². The van der Waals surface area contributed by atoms with Gasteiger partial charge in [-0.15, -0.1) is 0 Å². The van der Waals surface area contributed by atoms with E-state index in [9.17, 15) is 8.78 Å². The van der Waals surface area contributed by atoms with Crippen LogP contribution in [0.4, 0.5) is 8.78 Å². The van der Waals surface area contributed by atoms with Gasteiger partial charge in [-0.3, -0.25) is 9.58 Å². The van der Waals surface area contributed by atoms with Crippen molar-refractivity contribution in [2.24, 2.45) is 0 Å². The van der Waals surface area contributed by atoms with Gasteiger partial charge in [0.1, 0.15) is 0 Å². The maximum Gasteiger partial charge on any atom is 0.261 e. The monoisotopic (exact) mass is 201 g/mol. The highest BCUT2D eigenvalue weighted by Crippen LogP contribution is 2.26. The molecule has 0 bridgehead atoms. The van der Waals surface area contributed by atoms with Crippen LogP contribution in [0.3, 0.4) is 0 Å². The first-order valence-corrected chi connectivity index (χ1v) is 4.73. The van der Waals surface area contributed by atoms with E-state index in [-0.39, 0.29) is 13.0 Å². The molecular weight excluding hydrogens is 188 g/mol. The topological polar surface area (TPSA) is 21.1 Å². The third-order valence-electron chi connectivity index (χ3n) is 2.45. The zero-order valence-electron chi connectivity index (χ0n) is 7.87. The Morgan fingerprint density at radius 1 is 1.36 bits per heavy atom. The average molecular weight is 201 g/mol. The Kier molecular flexibility index (Phi) is 2.50. The number of hydrogen-bond acceptors (Lipinski definition) is 2. The van der Waals surface area contributed by atoms with Crippen molar-refractivity contribution in [3.05, 3.63) is 18.5 Å². The van der Waals surface area contributed by atoms with E-state index in [1.807, 2.05) is 12.3 Å². The maximum atomic E-state index is 12.8. The lowest BCUT2D eigenvalue weighted by atomic mass is 10.3. The van der Waals surface area contributed by atoms with Gasteiger partial charge in [0.25, 0.3) is 5.92 Å². The molecule has 0 N–H and O–H groups in total. The van der Waals surface area contributed by atoms with Crippen LogP contribution in [-0.4, -0.2) is 40.2 Å². The van der Waals surface area contributed by atoms with E-state index < -0.39 is 5.92 Å². The first kappa shape index (κ1) is 9.58. The summed E-state index contributed by atoms with van der Waals surface area (Å²) in [5.74, 6) is -2.48. The molecule has 1 aromatic heterocycles. The number of halogens is 2. The summed E-state index contributed by atoms with van der Waals surface area (Å²) < 4.78 is 27.4. The summed E-state index contributed by atoms with van der Waals surface area (Å²) in [6.45, 7) is 1.73. The summed E-state index contributed by atoms with van der Waals surface area (Å²) >= 11 is 0. The number of hydrogen-bond donors (Lipinski definition) is 0. The lowest BCUT2D eigenvalue weighted by Crippen LogP contribution is -2.28. The van der Waals surface area contributed by atoms with Crippen molar-refractivity contribution < 1.29 is 8.78 Å². The molecule has 1 aliphatic heterocycles. The van der Waals surface area contributed by atoms with Crippen molar-refractivity contribution in [2.75, 3.05) is 19.6 Å². The molecule has 14 heavy (non-hydrogen) atoms. The second-order valence-electron chi connectivity index (χ2n) is 3.65. The highest BCUT2D eigenvalue weighted by Gasteiger charge is 2.37. The van der Waals surface area contributed by atoms with Crippen molar-refractivity contribution in [2.45, 2.75) is 18.9 Å². The van der Waals surface area contributed by atoms with Crippen LogP contribution in [-0.2, 0) is 6.54 Å². The Morgan fingerprint density at radius 2 is 2.21 bits per heavy atom. The number of alkyl halides is 2. The second kappa shape index (κ2) is 3.65. The molecule has 78 valence electrons. The molecule has 1 aliphatic rings. The summed E-state index contributed by atoms with van der Waals surface area (Å²) in [6, 6.07) is 1.83. The van der Waals surface area contributed by atoms with Gasteiger partial charge in [0.05, 0.1) is 13.1 Å². The molecule has 1 saturated heterocycles. The Morgan fingerprint density at radius 3 is 2.79 bits per heavy atom. The van der Waals surface area contributed by atoms with Crippen LogP contribution >= 0.6 is 0 Å². The molecular formula is C9H13F2N3. The molecule has 0 saturated carbocycles. The van der Waals surface area contributed by atoms with Gasteiger partial charge in [0.2, 0.25) is 0 Å². The Labute approximate surface area is 81.3 Å². The van der Waals surface area contributed by atoms with Gasteiger partial charge in [0.15, 0.2) is 0 Å². The average Bonchev–Trinajstić information content (AvgIpc) is 2.70. The first-order valence-electron chi connectivity index (χ1n) is 4.73. The van der Waals surface area contributed by atoms with Crippen LogP contribution < -0.4 is 0 Å². The number of rotatable bonds is 3.